The quantitative estimate of drug-likeness (QED) is 0.492. The Hall–Kier alpha value is -3.61. The zero-order chi connectivity index (χ0) is 21.0. The number of ether oxygens (including phenoxy) is 2. The highest BCUT2D eigenvalue weighted by molar-refractivity contribution is 6.00. The molecule has 0 atom stereocenters. The number of carbonyl (C=O) groups is 3. The Bertz CT molecular complexity index is 1030. The maximum absolute atomic E-state index is 12.3. The van der Waals surface area contributed by atoms with Gasteiger partial charge in [-0.05, 0) is 51.1 Å². The van der Waals surface area contributed by atoms with Crippen LogP contribution in [-0.4, -0.2) is 30.1 Å². The summed E-state index contributed by atoms with van der Waals surface area (Å²) >= 11 is 0. The third-order valence-corrected chi connectivity index (χ3v) is 3.78. The summed E-state index contributed by atoms with van der Waals surface area (Å²) in [6.07, 6.45) is -0.636. The van der Waals surface area contributed by atoms with Crippen molar-refractivity contribution in [3.05, 3.63) is 65.9 Å². The van der Waals surface area contributed by atoms with Crippen LogP contribution in [0.4, 0.5) is 10.5 Å². The maximum atomic E-state index is 12.3. The van der Waals surface area contributed by atoms with Crippen LogP contribution < -0.4 is 5.32 Å². The number of fused-ring (bicyclic) bond motifs is 1. The first-order valence-corrected chi connectivity index (χ1v) is 9.00. The molecule has 150 valence electrons. The number of hydrogen-bond acceptors (Lipinski definition) is 6. The molecule has 0 saturated carbocycles. The number of benzene rings is 2. The van der Waals surface area contributed by atoms with Gasteiger partial charge in [-0.25, -0.2) is 9.59 Å². The van der Waals surface area contributed by atoms with E-state index in [4.69, 9.17) is 13.9 Å². The van der Waals surface area contributed by atoms with Gasteiger partial charge in [-0.2, -0.15) is 0 Å². The highest BCUT2D eigenvalue weighted by Gasteiger charge is 2.18. The topological polar surface area (TPSA) is 94.8 Å². The summed E-state index contributed by atoms with van der Waals surface area (Å²) in [6, 6.07) is 15.0. The van der Waals surface area contributed by atoms with Gasteiger partial charge >= 0.3 is 12.1 Å². The van der Waals surface area contributed by atoms with Crippen molar-refractivity contribution in [1.29, 1.82) is 0 Å². The van der Waals surface area contributed by atoms with E-state index in [0.717, 1.165) is 5.39 Å². The normalized spacial score (nSPS) is 11.1. The molecule has 0 spiro atoms. The van der Waals surface area contributed by atoms with Gasteiger partial charge in [0.15, 0.2) is 12.4 Å². The van der Waals surface area contributed by atoms with Gasteiger partial charge in [0.25, 0.3) is 0 Å². The third-order valence-electron chi connectivity index (χ3n) is 3.78. The van der Waals surface area contributed by atoms with Crippen LogP contribution in [-0.2, 0) is 9.47 Å². The minimum atomic E-state index is -0.692. The van der Waals surface area contributed by atoms with E-state index in [1.807, 2.05) is 12.1 Å². The molecule has 2 aromatic carbocycles. The zero-order valence-electron chi connectivity index (χ0n) is 16.4. The minimum Gasteiger partial charge on any atom is -0.454 e. The molecule has 0 fully saturated rings. The number of nitrogens with one attached hydrogen (secondary N) is 1. The van der Waals surface area contributed by atoms with Gasteiger partial charge in [0.05, 0.1) is 5.56 Å². The van der Waals surface area contributed by atoms with Crippen LogP contribution >= 0.6 is 0 Å². The Labute approximate surface area is 167 Å². The van der Waals surface area contributed by atoms with Crippen molar-refractivity contribution in [2.24, 2.45) is 0 Å². The summed E-state index contributed by atoms with van der Waals surface area (Å²) in [5, 5.41) is 3.34. The van der Waals surface area contributed by atoms with E-state index in [1.54, 1.807) is 51.1 Å². The molecule has 0 aliphatic rings. The van der Waals surface area contributed by atoms with E-state index in [-0.39, 0.29) is 11.3 Å². The number of Topliss-reactive ketones (excluding diaryl/α,β-unsaturated/α-hetero) is 1. The van der Waals surface area contributed by atoms with Crippen molar-refractivity contribution in [1.82, 2.24) is 0 Å². The lowest BCUT2D eigenvalue weighted by atomic mass is 10.2. The average Bonchev–Trinajstić information content (AvgIpc) is 3.08. The summed E-state index contributed by atoms with van der Waals surface area (Å²) < 4.78 is 15.7. The molecule has 7 nitrogen and oxygen atoms in total. The Morgan fingerprint density at radius 2 is 1.76 bits per heavy atom. The van der Waals surface area contributed by atoms with Crippen LogP contribution in [0.5, 0.6) is 0 Å². The smallest absolute Gasteiger partial charge is 0.412 e. The summed E-state index contributed by atoms with van der Waals surface area (Å²) in [4.78, 5) is 36.4. The fourth-order valence-corrected chi connectivity index (χ4v) is 2.55. The summed E-state index contributed by atoms with van der Waals surface area (Å²) in [5.74, 6) is -1.01. The number of ketones is 1. The third kappa shape index (κ3) is 5.44. The molecule has 3 rings (SSSR count). The van der Waals surface area contributed by atoms with E-state index in [1.165, 1.54) is 12.1 Å². The average molecular weight is 395 g/mol. The number of anilines is 1. The molecule has 0 aliphatic heterocycles. The van der Waals surface area contributed by atoms with Gasteiger partial charge < -0.3 is 13.9 Å². The van der Waals surface area contributed by atoms with Crippen LogP contribution in [0.25, 0.3) is 11.0 Å². The number of carbonyl (C=O) groups excluding carboxylic acids is 3. The fraction of sp³-hybridized carbons (Fsp3) is 0.227. The van der Waals surface area contributed by atoms with E-state index in [0.29, 0.717) is 11.3 Å². The lowest BCUT2D eigenvalue weighted by Gasteiger charge is -2.19. The second-order valence-electron chi connectivity index (χ2n) is 7.36. The number of esters is 1. The summed E-state index contributed by atoms with van der Waals surface area (Å²) in [7, 11) is 0. The van der Waals surface area contributed by atoms with E-state index >= 15 is 0 Å². The van der Waals surface area contributed by atoms with Crippen LogP contribution in [0.1, 0.15) is 41.7 Å². The van der Waals surface area contributed by atoms with Crippen molar-refractivity contribution in [3.63, 3.8) is 0 Å². The van der Waals surface area contributed by atoms with E-state index < -0.39 is 30.1 Å². The maximum Gasteiger partial charge on any atom is 0.412 e. The lowest BCUT2D eigenvalue weighted by molar-refractivity contribution is 0.0468. The monoisotopic (exact) mass is 395 g/mol. The first-order chi connectivity index (χ1) is 13.7. The molecule has 1 heterocycles. The standard InChI is InChI=1S/C22H21NO6/c1-22(2,3)29-21(26)23-16-9-6-8-15(11-16)20(25)27-13-17(24)19-12-14-7-4-5-10-18(14)28-19/h4-12H,13H2,1-3H3,(H,23,26). The highest BCUT2D eigenvalue weighted by atomic mass is 16.6. The van der Waals surface area contributed by atoms with E-state index in [2.05, 4.69) is 5.32 Å². The molecular formula is C22H21NO6. The molecule has 0 unspecified atom stereocenters. The van der Waals surface area contributed by atoms with Gasteiger partial charge in [0.2, 0.25) is 5.78 Å². The van der Waals surface area contributed by atoms with Crippen LogP contribution in [0.2, 0.25) is 0 Å². The molecule has 1 N–H and O–H groups in total. The number of hydrogen-bond donors (Lipinski definition) is 1. The molecule has 3 aromatic rings. The first kappa shape index (κ1) is 20.1. The van der Waals surface area contributed by atoms with Gasteiger partial charge in [-0.15, -0.1) is 0 Å². The SMILES string of the molecule is CC(C)(C)OC(=O)Nc1cccc(C(=O)OCC(=O)c2cc3ccccc3o2)c1. The molecule has 0 bridgehead atoms. The Morgan fingerprint density at radius 1 is 1.00 bits per heavy atom. The van der Waals surface area contributed by atoms with Gasteiger partial charge in [-0.3, -0.25) is 10.1 Å². The number of furan rings is 1. The summed E-state index contributed by atoms with van der Waals surface area (Å²) in [5.41, 5.74) is 0.508. The predicted molar refractivity (Wildman–Crippen MR) is 107 cm³/mol. The molecular weight excluding hydrogens is 374 g/mol. The lowest BCUT2D eigenvalue weighted by Crippen LogP contribution is -2.27. The highest BCUT2D eigenvalue weighted by Crippen LogP contribution is 2.19. The van der Waals surface area contributed by atoms with Crippen LogP contribution in [0, 0.1) is 0 Å². The van der Waals surface area contributed by atoms with Crippen molar-refractivity contribution < 1.29 is 28.3 Å². The molecule has 29 heavy (non-hydrogen) atoms. The second kappa shape index (κ2) is 8.18. The van der Waals surface area contributed by atoms with Crippen molar-refractivity contribution in [3.8, 4) is 0 Å². The largest absolute Gasteiger partial charge is 0.454 e. The van der Waals surface area contributed by atoms with Crippen molar-refractivity contribution in [2.75, 3.05) is 11.9 Å². The number of amides is 1. The Kier molecular flexibility index (Phi) is 5.68. The molecule has 0 aliphatic carbocycles. The van der Waals surface area contributed by atoms with Gasteiger partial charge in [-0.1, -0.05) is 24.3 Å². The van der Waals surface area contributed by atoms with Crippen LogP contribution in [0.15, 0.2) is 59.0 Å². The van der Waals surface area contributed by atoms with Crippen molar-refractivity contribution in [2.45, 2.75) is 26.4 Å². The Balaban J connectivity index is 1.60. The predicted octanol–water partition coefficient (Wildman–Crippen LogP) is 4.82. The molecule has 1 aromatic heterocycles. The molecule has 0 radical (unpaired) electrons. The zero-order valence-corrected chi connectivity index (χ0v) is 16.4. The first-order valence-electron chi connectivity index (χ1n) is 9.00. The summed E-state index contributed by atoms with van der Waals surface area (Å²) in [6.45, 7) is 4.79. The Morgan fingerprint density at radius 3 is 2.48 bits per heavy atom. The molecule has 7 heteroatoms. The molecule has 0 saturated heterocycles. The van der Waals surface area contributed by atoms with Gasteiger partial charge in [0.1, 0.15) is 11.2 Å². The molecule has 1 amide bonds. The van der Waals surface area contributed by atoms with Crippen molar-refractivity contribution >= 4 is 34.5 Å². The second-order valence-corrected chi connectivity index (χ2v) is 7.36. The minimum absolute atomic E-state index is 0.124. The van der Waals surface area contributed by atoms with Crippen LogP contribution in [0.3, 0.4) is 0 Å². The number of para-hydroxylation sites is 1. The number of rotatable bonds is 5. The van der Waals surface area contributed by atoms with Gasteiger partial charge in [0, 0.05) is 11.1 Å². The van der Waals surface area contributed by atoms with E-state index in [9.17, 15) is 14.4 Å². The fourth-order valence-electron chi connectivity index (χ4n) is 2.55.